The number of carbonyl (C=O) groups is 2. The first-order valence-electron chi connectivity index (χ1n) is 7.92. The van der Waals surface area contributed by atoms with E-state index in [9.17, 15) is 9.59 Å². The predicted octanol–water partition coefficient (Wildman–Crippen LogP) is 3.97. The first-order chi connectivity index (χ1) is 12.1. The van der Waals surface area contributed by atoms with Gasteiger partial charge in [-0.25, -0.2) is 5.48 Å². The fourth-order valence-corrected chi connectivity index (χ4v) is 3.03. The number of halogens is 2. The second kappa shape index (κ2) is 7.70. The smallest absolute Gasteiger partial charge is 0.274 e. The molecular weight excluding hydrogens is 377 g/mol. The minimum atomic E-state index is -0.596. The number of nitrogens with zero attached hydrogens (tertiary/aromatic N) is 1. The summed E-state index contributed by atoms with van der Waals surface area (Å²) in [5, 5.41) is 12.3. The fourth-order valence-electron chi connectivity index (χ4n) is 2.66. The number of rotatable bonds is 4. The summed E-state index contributed by atoms with van der Waals surface area (Å²) in [6.45, 7) is 5.99. The molecule has 1 heterocycles. The molecule has 1 aromatic carbocycles. The van der Waals surface area contributed by atoms with Crippen LogP contribution in [0.4, 0.5) is 0 Å². The van der Waals surface area contributed by atoms with Crippen LogP contribution in [0.2, 0.25) is 10.2 Å². The molecule has 0 saturated heterocycles. The van der Waals surface area contributed by atoms with E-state index in [1.54, 1.807) is 36.8 Å². The van der Waals surface area contributed by atoms with Gasteiger partial charge in [-0.3, -0.25) is 14.8 Å². The Morgan fingerprint density at radius 1 is 1.12 bits per heavy atom. The van der Waals surface area contributed by atoms with E-state index in [2.05, 4.69) is 5.32 Å². The average molecular weight is 398 g/mol. The Morgan fingerprint density at radius 2 is 1.69 bits per heavy atom. The van der Waals surface area contributed by atoms with Crippen molar-refractivity contribution in [1.82, 2.24) is 15.4 Å². The molecule has 2 rings (SSSR count). The summed E-state index contributed by atoms with van der Waals surface area (Å²) in [6, 6.07) is 7.85. The van der Waals surface area contributed by atoms with Crippen LogP contribution in [0.15, 0.2) is 30.3 Å². The summed E-state index contributed by atoms with van der Waals surface area (Å²) in [5.74, 6) is -0.903. The highest BCUT2D eigenvalue weighted by Crippen LogP contribution is 2.34. The van der Waals surface area contributed by atoms with E-state index in [1.807, 2.05) is 20.8 Å². The van der Waals surface area contributed by atoms with E-state index in [-0.39, 0.29) is 17.4 Å². The first kappa shape index (κ1) is 20.3. The molecule has 0 aliphatic rings. The third kappa shape index (κ3) is 4.20. The van der Waals surface area contributed by atoms with Crippen molar-refractivity contribution in [1.29, 1.82) is 0 Å². The van der Waals surface area contributed by atoms with Crippen molar-refractivity contribution in [2.75, 3.05) is 0 Å². The molecule has 2 aromatic rings. The van der Waals surface area contributed by atoms with Crippen molar-refractivity contribution < 1.29 is 14.8 Å². The Morgan fingerprint density at radius 3 is 2.12 bits per heavy atom. The largest absolute Gasteiger partial charge is 0.343 e. The summed E-state index contributed by atoms with van der Waals surface area (Å²) in [6.07, 6.45) is 0. The molecule has 0 bridgehead atoms. The lowest BCUT2D eigenvalue weighted by Gasteiger charge is -2.32. The van der Waals surface area contributed by atoms with E-state index >= 15 is 0 Å². The van der Waals surface area contributed by atoms with Gasteiger partial charge >= 0.3 is 0 Å². The van der Waals surface area contributed by atoms with Crippen molar-refractivity contribution in [2.45, 2.75) is 26.8 Å². The maximum atomic E-state index is 12.7. The standard InChI is InChI=1S/C18H21Cl2N3O3/c1-18(2,3)14(10-5-7-11(8-6-10)16(24)22-26)21-17(25)13-9-12(19)15(20)23(13)4/h5-9,14,26H,1-4H3,(H,21,25)(H,22,24). The van der Waals surface area contributed by atoms with E-state index < -0.39 is 5.91 Å². The van der Waals surface area contributed by atoms with Crippen molar-refractivity contribution >= 4 is 35.0 Å². The summed E-state index contributed by atoms with van der Waals surface area (Å²) in [5.41, 5.74) is 2.79. The fraction of sp³-hybridized carbons (Fsp3) is 0.333. The number of amides is 2. The molecule has 0 aliphatic carbocycles. The van der Waals surface area contributed by atoms with Crippen LogP contribution in [-0.4, -0.2) is 21.6 Å². The van der Waals surface area contributed by atoms with Gasteiger partial charge in [0, 0.05) is 12.6 Å². The van der Waals surface area contributed by atoms with Gasteiger partial charge in [0.15, 0.2) is 0 Å². The molecule has 1 aromatic heterocycles. The zero-order valence-electron chi connectivity index (χ0n) is 14.9. The summed E-state index contributed by atoms with van der Waals surface area (Å²) in [4.78, 5) is 24.2. The van der Waals surface area contributed by atoms with Crippen LogP contribution in [0.3, 0.4) is 0 Å². The molecule has 8 heteroatoms. The lowest BCUT2D eigenvalue weighted by molar-refractivity contribution is 0.0706. The Bertz CT molecular complexity index is 823. The number of aromatic nitrogens is 1. The van der Waals surface area contributed by atoms with Crippen molar-refractivity contribution in [3.05, 3.63) is 57.3 Å². The van der Waals surface area contributed by atoms with E-state index in [0.717, 1.165) is 5.56 Å². The Kier molecular flexibility index (Phi) is 6.01. The van der Waals surface area contributed by atoms with Gasteiger partial charge in [0.1, 0.15) is 10.8 Å². The predicted molar refractivity (Wildman–Crippen MR) is 101 cm³/mol. The summed E-state index contributed by atoms with van der Waals surface area (Å²) >= 11 is 12.0. The van der Waals surface area contributed by atoms with Crippen LogP contribution in [0.5, 0.6) is 0 Å². The molecule has 0 spiro atoms. The van der Waals surface area contributed by atoms with Gasteiger partial charge in [-0.2, -0.15) is 0 Å². The highest BCUT2D eigenvalue weighted by atomic mass is 35.5. The van der Waals surface area contributed by atoms with Gasteiger partial charge in [-0.05, 0) is 29.2 Å². The van der Waals surface area contributed by atoms with Gasteiger partial charge in [-0.15, -0.1) is 0 Å². The number of benzene rings is 1. The second-order valence-electron chi connectivity index (χ2n) is 7.06. The molecule has 140 valence electrons. The molecule has 6 nitrogen and oxygen atoms in total. The summed E-state index contributed by atoms with van der Waals surface area (Å²) in [7, 11) is 1.66. The van der Waals surface area contributed by atoms with E-state index in [1.165, 1.54) is 10.6 Å². The monoisotopic (exact) mass is 397 g/mol. The minimum Gasteiger partial charge on any atom is -0.343 e. The van der Waals surface area contributed by atoms with E-state index in [0.29, 0.717) is 21.4 Å². The van der Waals surface area contributed by atoms with Crippen LogP contribution in [-0.2, 0) is 7.05 Å². The van der Waals surface area contributed by atoms with Gasteiger partial charge in [-0.1, -0.05) is 56.1 Å². The number of hydroxylamine groups is 1. The molecule has 0 fully saturated rings. The van der Waals surface area contributed by atoms with Crippen molar-refractivity contribution in [3.8, 4) is 0 Å². The van der Waals surface area contributed by atoms with Crippen molar-refractivity contribution in [2.24, 2.45) is 12.5 Å². The first-order valence-corrected chi connectivity index (χ1v) is 8.67. The van der Waals surface area contributed by atoms with Gasteiger partial charge < -0.3 is 9.88 Å². The van der Waals surface area contributed by atoms with Crippen LogP contribution in [0.25, 0.3) is 0 Å². The van der Waals surface area contributed by atoms with Crippen LogP contribution < -0.4 is 10.8 Å². The number of nitrogens with one attached hydrogen (secondary N) is 2. The van der Waals surface area contributed by atoms with Gasteiger partial charge in [0.25, 0.3) is 11.8 Å². The minimum absolute atomic E-state index is 0.295. The highest BCUT2D eigenvalue weighted by Gasteiger charge is 2.29. The van der Waals surface area contributed by atoms with Crippen LogP contribution >= 0.6 is 23.2 Å². The molecule has 26 heavy (non-hydrogen) atoms. The zero-order chi connectivity index (χ0) is 19.6. The van der Waals surface area contributed by atoms with Crippen LogP contribution in [0.1, 0.15) is 53.2 Å². The maximum Gasteiger partial charge on any atom is 0.274 e. The molecule has 0 saturated carbocycles. The lowest BCUT2D eigenvalue weighted by Crippen LogP contribution is -2.37. The Labute approximate surface area is 162 Å². The maximum absolute atomic E-state index is 12.7. The Balaban J connectivity index is 2.32. The summed E-state index contributed by atoms with van der Waals surface area (Å²) < 4.78 is 1.52. The molecule has 1 unspecified atom stereocenters. The molecule has 3 N–H and O–H groups in total. The third-order valence-corrected chi connectivity index (χ3v) is 4.94. The molecule has 0 aliphatic heterocycles. The SMILES string of the molecule is Cn1c(C(=O)NC(c2ccc(C(=O)NO)cc2)C(C)(C)C)cc(Cl)c1Cl. The molecule has 0 radical (unpaired) electrons. The molecular formula is C18H21Cl2N3O3. The number of hydrogen-bond donors (Lipinski definition) is 3. The van der Waals surface area contributed by atoms with Crippen LogP contribution in [0, 0.1) is 5.41 Å². The number of carbonyl (C=O) groups excluding carboxylic acids is 2. The second-order valence-corrected chi connectivity index (χ2v) is 7.83. The average Bonchev–Trinajstić information content (AvgIpc) is 2.85. The zero-order valence-corrected chi connectivity index (χ0v) is 16.4. The molecule has 1 atom stereocenters. The normalized spacial score (nSPS) is 12.6. The van der Waals surface area contributed by atoms with E-state index in [4.69, 9.17) is 28.4 Å². The Hall–Kier alpha value is -2.02. The topological polar surface area (TPSA) is 83.4 Å². The quantitative estimate of drug-likeness (QED) is 0.538. The van der Waals surface area contributed by atoms with Crippen molar-refractivity contribution in [3.63, 3.8) is 0 Å². The lowest BCUT2D eigenvalue weighted by atomic mass is 9.82. The third-order valence-electron chi connectivity index (χ3n) is 4.10. The highest BCUT2D eigenvalue weighted by molar-refractivity contribution is 6.41. The van der Waals surface area contributed by atoms with Gasteiger partial charge in [0.05, 0.1) is 11.1 Å². The molecule has 2 amide bonds. The number of hydrogen-bond acceptors (Lipinski definition) is 3. The van der Waals surface area contributed by atoms with Gasteiger partial charge in [0.2, 0.25) is 0 Å².